The van der Waals surface area contributed by atoms with Gasteiger partial charge in [0.05, 0.1) is 28.1 Å². The van der Waals surface area contributed by atoms with Gasteiger partial charge >= 0.3 is 0 Å². The molecule has 0 radical (unpaired) electrons. The third-order valence-electron chi connectivity index (χ3n) is 6.32. The Morgan fingerprint density at radius 2 is 2.03 bits per heavy atom. The Morgan fingerprint density at radius 1 is 1.22 bits per heavy atom. The van der Waals surface area contributed by atoms with Crippen molar-refractivity contribution in [1.29, 1.82) is 5.26 Å². The van der Waals surface area contributed by atoms with E-state index in [1.54, 1.807) is 12.1 Å². The van der Waals surface area contributed by atoms with Crippen molar-refractivity contribution in [2.45, 2.75) is 18.9 Å². The highest BCUT2D eigenvalue weighted by Crippen LogP contribution is 2.51. The lowest BCUT2D eigenvalue weighted by atomic mass is 9.63. The van der Waals surface area contributed by atoms with Crippen molar-refractivity contribution in [3.05, 3.63) is 53.2 Å². The number of nitrogens with zero attached hydrogens (tertiary/aromatic N) is 3. The summed E-state index contributed by atoms with van der Waals surface area (Å²) in [6, 6.07) is 14.0. The Balaban J connectivity index is 1.34. The van der Waals surface area contributed by atoms with Crippen LogP contribution < -0.4 is 9.47 Å². The smallest absolute Gasteiger partial charge is 0.155 e. The monoisotopic (exact) mass is 487 g/mol. The standard InChI is InChI=1S/C24H23Cl2N3O2S/c1-32-28-14-24(15-28)11-20(12-24)31-19-2-3-22-16(9-19)4-6-29(22)18-8-17(13-27)23(21(26)10-18)30-7-5-25/h2-4,6,8-10,20H,5,7,11-12,14-15H2,1H3. The molecule has 2 fully saturated rings. The lowest BCUT2D eigenvalue weighted by Crippen LogP contribution is -2.62. The van der Waals surface area contributed by atoms with Crippen LogP contribution in [0.15, 0.2) is 42.6 Å². The minimum atomic E-state index is 0.294. The van der Waals surface area contributed by atoms with Crippen LogP contribution in [0.25, 0.3) is 16.6 Å². The van der Waals surface area contributed by atoms with Crippen molar-refractivity contribution in [3.8, 4) is 23.3 Å². The molecule has 2 aromatic carbocycles. The van der Waals surface area contributed by atoms with Gasteiger partial charge in [-0.3, -0.25) is 0 Å². The summed E-state index contributed by atoms with van der Waals surface area (Å²) in [7, 11) is 0. The van der Waals surface area contributed by atoms with E-state index >= 15 is 0 Å². The molecule has 0 amide bonds. The third-order valence-corrected chi connectivity index (χ3v) is 7.53. The maximum absolute atomic E-state index is 9.56. The third kappa shape index (κ3) is 3.92. The molecule has 1 spiro atoms. The summed E-state index contributed by atoms with van der Waals surface area (Å²) >= 11 is 14.0. The van der Waals surface area contributed by atoms with Crippen LogP contribution in [-0.4, -0.2) is 46.8 Å². The lowest BCUT2D eigenvalue weighted by molar-refractivity contribution is -0.0834. The Bertz CT molecular complexity index is 1190. The number of hydrogen-bond acceptors (Lipinski definition) is 5. The Labute approximate surface area is 201 Å². The maximum Gasteiger partial charge on any atom is 0.155 e. The van der Waals surface area contributed by atoms with Crippen LogP contribution in [0.1, 0.15) is 18.4 Å². The van der Waals surface area contributed by atoms with E-state index in [0.717, 1.165) is 35.2 Å². The zero-order chi connectivity index (χ0) is 22.3. The van der Waals surface area contributed by atoms with Gasteiger partial charge in [0.15, 0.2) is 5.75 Å². The second-order valence-electron chi connectivity index (χ2n) is 8.49. The van der Waals surface area contributed by atoms with E-state index in [2.05, 4.69) is 28.8 Å². The van der Waals surface area contributed by atoms with Gasteiger partial charge in [0, 0.05) is 35.8 Å². The van der Waals surface area contributed by atoms with Gasteiger partial charge in [-0.05, 0) is 55.5 Å². The molecule has 5 rings (SSSR count). The van der Waals surface area contributed by atoms with Crippen molar-refractivity contribution in [3.63, 3.8) is 0 Å². The number of halogens is 2. The second-order valence-corrected chi connectivity index (χ2v) is 10.2. The molecule has 1 aliphatic carbocycles. The number of fused-ring (bicyclic) bond motifs is 1. The number of rotatable bonds is 7. The highest BCUT2D eigenvalue weighted by molar-refractivity contribution is 7.96. The SMILES string of the molecule is CSN1CC2(CC(Oc3ccc4c(ccn4-c4cc(Cl)c(OCCCl)c(C#N)c4)c3)C2)C1. The first-order valence-corrected chi connectivity index (χ1v) is 12.6. The normalized spacial score (nSPS) is 17.7. The molecule has 1 aromatic heterocycles. The van der Waals surface area contributed by atoms with Gasteiger partial charge in [0.1, 0.15) is 18.4 Å². The molecule has 32 heavy (non-hydrogen) atoms. The number of hydrogen-bond donors (Lipinski definition) is 0. The van der Waals surface area contributed by atoms with Gasteiger partial charge in [-0.1, -0.05) is 23.5 Å². The zero-order valence-electron chi connectivity index (χ0n) is 17.7. The lowest BCUT2D eigenvalue weighted by Gasteiger charge is -2.57. The van der Waals surface area contributed by atoms with Crippen LogP contribution in [-0.2, 0) is 0 Å². The molecule has 166 valence electrons. The molecule has 5 nitrogen and oxygen atoms in total. The van der Waals surface area contributed by atoms with Crippen molar-refractivity contribution < 1.29 is 9.47 Å². The van der Waals surface area contributed by atoms with Crippen LogP contribution in [0.3, 0.4) is 0 Å². The van der Waals surface area contributed by atoms with Gasteiger partial charge in [-0.15, -0.1) is 11.6 Å². The van der Waals surface area contributed by atoms with E-state index in [1.807, 2.05) is 34.8 Å². The molecule has 8 heteroatoms. The van der Waals surface area contributed by atoms with Crippen LogP contribution in [0, 0.1) is 16.7 Å². The maximum atomic E-state index is 9.56. The number of nitriles is 1. The van der Waals surface area contributed by atoms with Gasteiger partial charge in [-0.2, -0.15) is 5.26 Å². The molecule has 3 aromatic rings. The van der Waals surface area contributed by atoms with E-state index in [1.165, 1.54) is 13.1 Å². The molecule has 0 unspecified atom stereocenters. The summed E-state index contributed by atoms with van der Waals surface area (Å²) in [6.45, 7) is 2.65. The van der Waals surface area contributed by atoms with Gasteiger partial charge in [-0.25, -0.2) is 4.31 Å². The first-order chi connectivity index (χ1) is 15.5. The van der Waals surface area contributed by atoms with E-state index in [4.69, 9.17) is 32.7 Å². The van der Waals surface area contributed by atoms with Gasteiger partial charge in [0.2, 0.25) is 0 Å². The molecule has 2 heterocycles. The minimum absolute atomic E-state index is 0.294. The number of alkyl halides is 1. The number of ether oxygens (including phenoxy) is 2. The topological polar surface area (TPSA) is 50.4 Å². The molecule has 0 bridgehead atoms. The van der Waals surface area contributed by atoms with E-state index in [-0.39, 0.29) is 0 Å². The Kier molecular flexibility index (Phi) is 5.94. The van der Waals surface area contributed by atoms with E-state index in [0.29, 0.717) is 40.3 Å². The summed E-state index contributed by atoms with van der Waals surface area (Å²) in [4.78, 5) is 0. The molecular weight excluding hydrogens is 465 g/mol. The van der Waals surface area contributed by atoms with Crippen molar-refractivity contribution >= 4 is 46.1 Å². The van der Waals surface area contributed by atoms with Crippen molar-refractivity contribution in [2.75, 3.05) is 31.8 Å². The highest BCUT2D eigenvalue weighted by Gasteiger charge is 2.53. The summed E-state index contributed by atoms with van der Waals surface area (Å²) in [5.41, 5.74) is 2.69. The molecule has 0 N–H and O–H groups in total. The molecule has 1 saturated heterocycles. The highest BCUT2D eigenvalue weighted by atomic mass is 35.5. The number of benzene rings is 2. The largest absolute Gasteiger partial charge is 0.490 e. The second kappa shape index (κ2) is 8.72. The van der Waals surface area contributed by atoms with Crippen LogP contribution in [0.5, 0.6) is 11.5 Å². The summed E-state index contributed by atoms with van der Waals surface area (Å²) in [6.07, 6.45) is 6.69. The van der Waals surface area contributed by atoms with Crippen molar-refractivity contribution in [2.24, 2.45) is 5.41 Å². The van der Waals surface area contributed by atoms with Crippen LogP contribution in [0.2, 0.25) is 5.02 Å². The fourth-order valence-corrected chi connectivity index (χ4v) is 5.93. The van der Waals surface area contributed by atoms with E-state index < -0.39 is 0 Å². The average molecular weight is 488 g/mol. The Hall–Kier alpha value is -2.04. The average Bonchev–Trinajstić information content (AvgIpc) is 3.16. The summed E-state index contributed by atoms with van der Waals surface area (Å²) < 4.78 is 16.2. The summed E-state index contributed by atoms with van der Waals surface area (Å²) in [5.74, 6) is 1.60. The molecule has 1 saturated carbocycles. The molecule has 2 aliphatic rings. The minimum Gasteiger partial charge on any atom is -0.490 e. The summed E-state index contributed by atoms with van der Waals surface area (Å²) in [5, 5.41) is 11.0. The Morgan fingerprint density at radius 3 is 2.75 bits per heavy atom. The van der Waals surface area contributed by atoms with Gasteiger partial charge in [0.25, 0.3) is 0 Å². The first kappa shape index (κ1) is 21.8. The van der Waals surface area contributed by atoms with E-state index in [9.17, 15) is 5.26 Å². The molecular formula is C24H23Cl2N3O2S. The van der Waals surface area contributed by atoms with Gasteiger partial charge < -0.3 is 14.0 Å². The predicted molar refractivity (Wildman–Crippen MR) is 130 cm³/mol. The van der Waals surface area contributed by atoms with Crippen LogP contribution in [0.4, 0.5) is 0 Å². The number of aromatic nitrogens is 1. The zero-order valence-corrected chi connectivity index (χ0v) is 20.0. The fourth-order valence-electron chi connectivity index (χ4n) is 4.78. The molecule has 0 atom stereocenters. The quantitative estimate of drug-likeness (QED) is 0.307. The fraction of sp³-hybridized carbons (Fsp3) is 0.375. The predicted octanol–water partition coefficient (Wildman–Crippen LogP) is 5.89. The van der Waals surface area contributed by atoms with Crippen molar-refractivity contribution in [1.82, 2.24) is 8.87 Å². The van der Waals surface area contributed by atoms with Crippen LogP contribution >= 0.6 is 35.1 Å². The molecule has 1 aliphatic heterocycles. The first-order valence-electron chi connectivity index (χ1n) is 10.5.